The van der Waals surface area contributed by atoms with Gasteiger partial charge in [-0.3, -0.25) is 0 Å². The Morgan fingerprint density at radius 2 is 1.53 bits per heavy atom. The summed E-state index contributed by atoms with van der Waals surface area (Å²) in [6.07, 6.45) is 41.5. The fourth-order valence-corrected chi connectivity index (χ4v) is 7.99. The van der Waals surface area contributed by atoms with Gasteiger partial charge in [-0.15, -0.1) is 0 Å². The fourth-order valence-electron chi connectivity index (χ4n) is 7.99. The number of hydrogen-bond acceptors (Lipinski definition) is 2. The topological polar surface area (TPSA) is 6.48 Å². The van der Waals surface area contributed by atoms with E-state index in [0.717, 1.165) is 38.5 Å². The number of anilines is 2. The van der Waals surface area contributed by atoms with E-state index in [4.69, 9.17) is 0 Å². The molecule has 4 unspecified atom stereocenters. The summed E-state index contributed by atoms with van der Waals surface area (Å²) in [5.41, 5.74) is 12.6. The molecule has 2 heteroatoms. The molecule has 0 fully saturated rings. The Bertz CT molecular complexity index is 1780. The molecule has 1 heterocycles. The molecular weight excluding hydrogens is 544 g/mol. The van der Waals surface area contributed by atoms with E-state index < -0.39 is 0 Å². The van der Waals surface area contributed by atoms with Crippen molar-refractivity contribution in [2.75, 3.05) is 9.80 Å². The number of allylic oxidation sites excluding steroid dienone is 14. The fraction of sp³-hybridized carbons (Fsp3) is 0.256. The van der Waals surface area contributed by atoms with Crippen LogP contribution >= 0.6 is 0 Å². The summed E-state index contributed by atoms with van der Waals surface area (Å²) in [7, 11) is 0. The van der Waals surface area contributed by atoms with Gasteiger partial charge in [0, 0.05) is 23.0 Å². The van der Waals surface area contributed by atoms with Gasteiger partial charge >= 0.3 is 0 Å². The predicted octanol–water partition coefficient (Wildman–Crippen LogP) is 10.5. The molecule has 8 rings (SSSR count). The first-order valence-corrected chi connectivity index (χ1v) is 16.8. The average Bonchev–Trinajstić information content (AvgIpc) is 3.45. The molecule has 0 bridgehead atoms. The lowest BCUT2D eigenvalue weighted by molar-refractivity contribution is 0.612. The average molecular weight is 587 g/mol. The highest BCUT2D eigenvalue weighted by molar-refractivity contribution is 5.71. The van der Waals surface area contributed by atoms with E-state index in [0.29, 0.717) is 24.0 Å². The second-order valence-corrected chi connectivity index (χ2v) is 13.1. The van der Waals surface area contributed by atoms with Crippen molar-refractivity contribution in [2.45, 2.75) is 69.5 Å². The smallest absolute Gasteiger partial charge is 0.0626 e. The second kappa shape index (κ2) is 12.1. The summed E-state index contributed by atoms with van der Waals surface area (Å²) in [6.45, 7) is 2.20. The Kier molecular flexibility index (Phi) is 7.51. The predicted molar refractivity (Wildman–Crippen MR) is 191 cm³/mol. The highest BCUT2D eigenvalue weighted by Gasteiger charge is 2.38. The van der Waals surface area contributed by atoms with Crippen LogP contribution in [-0.4, -0.2) is 18.1 Å². The monoisotopic (exact) mass is 586 g/mol. The van der Waals surface area contributed by atoms with E-state index in [2.05, 4.69) is 156 Å². The zero-order chi connectivity index (χ0) is 30.2. The lowest BCUT2D eigenvalue weighted by Crippen LogP contribution is -2.42. The van der Waals surface area contributed by atoms with E-state index in [1.165, 1.54) is 50.5 Å². The number of fused-ring (bicyclic) bond motifs is 3. The Morgan fingerprint density at radius 1 is 0.711 bits per heavy atom. The SMILES string of the molecule is CC1=CCC(N(c2ccc(C3=CC=CCC3)cc2)C2C=CC(C3=CC=C(N4c5ccccc5C5C=CC=CC54)CC3)=CC2)C=C1. The third-order valence-electron chi connectivity index (χ3n) is 10.4. The number of nitrogens with zero attached hydrogens (tertiary/aromatic N) is 2. The quantitative estimate of drug-likeness (QED) is 0.332. The summed E-state index contributed by atoms with van der Waals surface area (Å²) in [6, 6.07) is 19.4. The molecule has 224 valence electrons. The van der Waals surface area contributed by atoms with Gasteiger partial charge in [0.15, 0.2) is 0 Å². The van der Waals surface area contributed by atoms with Crippen LogP contribution in [0.2, 0.25) is 0 Å². The van der Waals surface area contributed by atoms with Crippen LogP contribution in [-0.2, 0) is 0 Å². The largest absolute Gasteiger partial charge is 0.358 e. The molecule has 0 saturated heterocycles. The molecule has 5 aliphatic carbocycles. The number of para-hydroxylation sites is 1. The third-order valence-corrected chi connectivity index (χ3v) is 10.4. The van der Waals surface area contributed by atoms with Gasteiger partial charge in [0.2, 0.25) is 0 Å². The molecule has 0 aromatic heterocycles. The molecule has 45 heavy (non-hydrogen) atoms. The minimum absolute atomic E-state index is 0.331. The molecule has 6 aliphatic rings. The first-order chi connectivity index (χ1) is 22.2. The minimum atomic E-state index is 0.331. The third kappa shape index (κ3) is 5.37. The van der Waals surface area contributed by atoms with Gasteiger partial charge in [-0.05, 0) is 97.6 Å². The van der Waals surface area contributed by atoms with Gasteiger partial charge in [-0.25, -0.2) is 0 Å². The Hall–Kier alpha value is -4.56. The number of hydrogen-bond donors (Lipinski definition) is 0. The van der Waals surface area contributed by atoms with Crippen LogP contribution in [0.3, 0.4) is 0 Å². The highest BCUT2D eigenvalue weighted by atomic mass is 15.2. The van der Waals surface area contributed by atoms with Crippen molar-refractivity contribution >= 4 is 16.9 Å². The summed E-state index contributed by atoms with van der Waals surface area (Å²) >= 11 is 0. The molecule has 2 aromatic rings. The lowest BCUT2D eigenvalue weighted by atomic mass is 9.89. The van der Waals surface area contributed by atoms with Crippen molar-refractivity contribution < 1.29 is 0 Å². The Labute approximate surface area is 268 Å². The first-order valence-electron chi connectivity index (χ1n) is 16.8. The molecule has 0 saturated carbocycles. The van der Waals surface area contributed by atoms with Crippen LogP contribution < -0.4 is 9.80 Å². The van der Waals surface area contributed by atoms with Crippen molar-refractivity contribution in [2.24, 2.45) is 0 Å². The lowest BCUT2D eigenvalue weighted by Gasteiger charge is -2.39. The zero-order valence-corrected chi connectivity index (χ0v) is 26.2. The normalized spacial score (nSPS) is 26.4. The standard InChI is InChI=1S/C43H42N2/c1-31-15-23-36(24-16-31)44(37-25-17-33(18-26-37)32-9-3-2-4-10-32)38-27-19-34(20-28-38)35-21-29-39(30-22-35)45-42-13-7-5-11-40(42)41-12-6-8-14-43(41)45/h2-3,5-9,11-21,23,25-27,29,36,38,40,42H,4,10,22,24,28,30H2,1H3. The van der Waals surface area contributed by atoms with Crippen molar-refractivity contribution in [1.82, 2.24) is 0 Å². The zero-order valence-electron chi connectivity index (χ0n) is 26.2. The minimum Gasteiger partial charge on any atom is -0.358 e. The number of benzene rings is 2. The maximum absolute atomic E-state index is 2.64. The van der Waals surface area contributed by atoms with Gasteiger partial charge in [-0.2, -0.15) is 0 Å². The molecule has 0 N–H and O–H groups in total. The highest BCUT2D eigenvalue weighted by Crippen LogP contribution is 2.47. The van der Waals surface area contributed by atoms with Crippen LogP contribution in [0.15, 0.2) is 162 Å². The van der Waals surface area contributed by atoms with Gasteiger partial charge < -0.3 is 9.80 Å². The van der Waals surface area contributed by atoms with E-state index in [-0.39, 0.29) is 0 Å². The van der Waals surface area contributed by atoms with Crippen LogP contribution in [0.1, 0.15) is 62.5 Å². The molecule has 4 atom stereocenters. The number of rotatable bonds is 6. The van der Waals surface area contributed by atoms with Crippen LogP contribution in [0.4, 0.5) is 11.4 Å². The van der Waals surface area contributed by atoms with Crippen molar-refractivity contribution in [3.63, 3.8) is 0 Å². The molecule has 2 aromatic carbocycles. The summed E-state index contributed by atoms with van der Waals surface area (Å²) in [5, 5.41) is 0. The maximum Gasteiger partial charge on any atom is 0.0626 e. The molecule has 0 radical (unpaired) electrons. The molecular formula is C43H42N2. The van der Waals surface area contributed by atoms with E-state index in [9.17, 15) is 0 Å². The Balaban J connectivity index is 1.02. The van der Waals surface area contributed by atoms with Gasteiger partial charge in [0.05, 0.1) is 18.1 Å². The summed E-state index contributed by atoms with van der Waals surface area (Å²) < 4.78 is 0. The molecule has 1 aliphatic heterocycles. The van der Waals surface area contributed by atoms with Crippen LogP contribution in [0, 0.1) is 0 Å². The summed E-state index contributed by atoms with van der Waals surface area (Å²) in [4.78, 5) is 5.23. The van der Waals surface area contributed by atoms with Crippen molar-refractivity contribution in [3.05, 3.63) is 173 Å². The van der Waals surface area contributed by atoms with Crippen molar-refractivity contribution in [1.29, 1.82) is 0 Å². The molecule has 0 amide bonds. The van der Waals surface area contributed by atoms with Gasteiger partial charge in [0.1, 0.15) is 0 Å². The molecule has 0 spiro atoms. The van der Waals surface area contributed by atoms with Crippen LogP contribution in [0.5, 0.6) is 0 Å². The van der Waals surface area contributed by atoms with E-state index in [1.807, 2.05) is 0 Å². The van der Waals surface area contributed by atoms with Gasteiger partial charge in [0.25, 0.3) is 0 Å². The Morgan fingerprint density at radius 3 is 2.27 bits per heavy atom. The summed E-state index contributed by atoms with van der Waals surface area (Å²) in [5.74, 6) is 0.442. The van der Waals surface area contributed by atoms with E-state index in [1.54, 1.807) is 0 Å². The van der Waals surface area contributed by atoms with Gasteiger partial charge in [-0.1, -0.05) is 121 Å². The van der Waals surface area contributed by atoms with E-state index >= 15 is 0 Å². The maximum atomic E-state index is 2.64. The van der Waals surface area contributed by atoms with Crippen molar-refractivity contribution in [3.8, 4) is 0 Å². The second-order valence-electron chi connectivity index (χ2n) is 13.1. The molecule has 2 nitrogen and oxygen atoms in total. The first kappa shape index (κ1) is 28.0. The van der Waals surface area contributed by atoms with Crippen LogP contribution in [0.25, 0.3) is 5.57 Å².